The van der Waals surface area contributed by atoms with Gasteiger partial charge in [-0.15, -0.1) is 12.3 Å². The van der Waals surface area contributed by atoms with E-state index in [4.69, 9.17) is 21.0 Å². The van der Waals surface area contributed by atoms with Crippen molar-refractivity contribution in [3.8, 4) is 23.8 Å². The zero-order chi connectivity index (χ0) is 15.2. The van der Waals surface area contributed by atoms with Crippen molar-refractivity contribution in [2.45, 2.75) is 18.9 Å². The standard InChI is InChI=1S/C15H15NO5/c1-2-4-11(15(18)19)16-14(17)10-5-6-12-13(9-10)21-8-3-7-20-12/h1,5-6,9,11H,3-4,7-8H2,(H,16,17)(H,18,19). The molecular formula is C15H15NO5. The molecule has 1 aromatic carbocycles. The van der Waals surface area contributed by atoms with Crippen molar-refractivity contribution in [2.24, 2.45) is 0 Å². The second kappa shape index (κ2) is 6.66. The van der Waals surface area contributed by atoms with Crippen LogP contribution in [0.5, 0.6) is 11.5 Å². The van der Waals surface area contributed by atoms with Crippen LogP contribution in [0.4, 0.5) is 0 Å². The smallest absolute Gasteiger partial charge is 0.327 e. The normalized spacial score (nSPS) is 14.4. The second-order valence-electron chi connectivity index (χ2n) is 4.48. The van der Waals surface area contributed by atoms with Gasteiger partial charge in [0.05, 0.1) is 13.2 Å². The van der Waals surface area contributed by atoms with Crippen LogP contribution in [-0.2, 0) is 4.79 Å². The van der Waals surface area contributed by atoms with Crippen molar-refractivity contribution in [3.63, 3.8) is 0 Å². The van der Waals surface area contributed by atoms with Gasteiger partial charge in [-0.2, -0.15) is 0 Å². The van der Waals surface area contributed by atoms with Gasteiger partial charge in [0, 0.05) is 18.4 Å². The van der Waals surface area contributed by atoms with Crippen molar-refractivity contribution in [1.29, 1.82) is 0 Å². The Morgan fingerprint density at radius 3 is 2.71 bits per heavy atom. The summed E-state index contributed by atoms with van der Waals surface area (Å²) in [5, 5.41) is 11.4. The Kier molecular flexibility index (Phi) is 4.67. The molecule has 6 nitrogen and oxygen atoms in total. The first-order valence-corrected chi connectivity index (χ1v) is 6.48. The number of carboxylic acids is 1. The molecule has 0 spiro atoms. The van der Waals surface area contributed by atoms with E-state index < -0.39 is 17.9 Å². The topological polar surface area (TPSA) is 84.9 Å². The third kappa shape index (κ3) is 3.66. The number of amides is 1. The van der Waals surface area contributed by atoms with Gasteiger partial charge in [-0.05, 0) is 18.2 Å². The summed E-state index contributed by atoms with van der Waals surface area (Å²) in [5.74, 6) is 1.58. The number of nitrogens with one attached hydrogen (secondary N) is 1. The van der Waals surface area contributed by atoms with E-state index in [0.29, 0.717) is 30.3 Å². The van der Waals surface area contributed by atoms with Crippen LogP contribution in [0.15, 0.2) is 18.2 Å². The number of terminal acetylenes is 1. The average molecular weight is 289 g/mol. The third-order valence-corrected chi connectivity index (χ3v) is 2.94. The number of carbonyl (C=O) groups is 2. The number of ether oxygens (including phenoxy) is 2. The Bertz CT molecular complexity index is 590. The van der Waals surface area contributed by atoms with Gasteiger partial charge < -0.3 is 19.9 Å². The first-order chi connectivity index (χ1) is 10.1. The molecule has 1 aliphatic rings. The van der Waals surface area contributed by atoms with Crippen molar-refractivity contribution in [1.82, 2.24) is 5.32 Å². The van der Waals surface area contributed by atoms with Crippen LogP contribution in [0, 0.1) is 12.3 Å². The van der Waals surface area contributed by atoms with Crippen LogP contribution in [-0.4, -0.2) is 36.2 Å². The van der Waals surface area contributed by atoms with Crippen LogP contribution in [0.1, 0.15) is 23.2 Å². The summed E-state index contributed by atoms with van der Waals surface area (Å²) in [6.45, 7) is 1.06. The van der Waals surface area contributed by atoms with Gasteiger partial charge >= 0.3 is 5.97 Å². The van der Waals surface area contributed by atoms with E-state index in [1.165, 1.54) is 6.07 Å². The zero-order valence-electron chi connectivity index (χ0n) is 11.3. The lowest BCUT2D eigenvalue weighted by Crippen LogP contribution is -2.40. The van der Waals surface area contributed by atoms with Crippen molar-refractivity contribution >= 4 is 11.9 Å². The first-order valence-electron chi connectivity index (χ1n) is 6.48. The fraction of sp³-hybridized carbons (Fsp3) is 0.333. The molecule has 1 atom stereocenters. The fourth-order valence-electron chi connectivity index (χ4n) is 1.86. The molecule has 1 aromatic rings. The average Bonchev–Trinajstić information content (AvgIpc) is 2.70. The molecule has 1 heterocycles. The van der Waals surface area contributed by atoms with Gasteiger partial charge in [-0.1, -0.05) is 0 Å². The molecule has 0 radical (unpaired) electrons. The number of benzene rings is 1. The summed E-state index contributed by atoms with van der Waals surface area (Å²) in [4.78, 5) is 23.0. The monoisotopic (exact) mass is 289 g/mol. The number of hydrogen-bond donors (Lipinski definition) is 2. The van der Waals surface area contributed by atoms with Crippen molar-refractivity contribution in [3.05, 3.63) is 23.8 Å². The van der Waals surface area contributed by atoms with Crippen LogP contribution in [0.2, 0.25) is 0 Å². The van der Waals surface area contributed by atoms with Gasteiger partial charge in [0.2, 0.25) is 0 Å². The number of fused-ring (bicyclic) bond motifs is 1. The van der Waals surface area contributed by atoms with E-state index in [9.17, 15) is 9.59 Å². The summed E-state index contributed by atoms with van der Waals surface area (Å²) in [5.41, 5.74) is 0.294. The maximum absolute atomic E-state index is 12.1. The molecule has 110 valence electrons. The van der Waals surface area contributed by atoms with E-state index in [1.807, 2.05) is 0 Å². The summed E-state index contributed by atoms with van der Waals surface area (Å²) >= 11 is 0. The molecule has 2 rings (SSSR count). The summed E-state index contributed by atoms with van der Waals surface area (Å²) in [6.07, 6.45) is 5.77. The molecular weight excluding hydrogens is 274 g/mol. The lowest BCUT2D eigenvalue weighted by Gasteiger charge is -2.13. The minimum Gasteiger partial charge on any atom is -0.490 e. The molecule has 0 saturated carbocycles. The lowest BCUT2D eigenvalue weighted by molar-refractivity contribution is -0.139. The number of carboxylic acid groups (broad SMARTS) is 1. The molecule has 1 unspecified atom stereocenters. The maximum Gasteiger partial charge on any atom is 0.327 e. The number of hydrogen-bond acceptors (Lipinski definition) is 4. The summed E-state index contributed by atoms with van der Waals surface area (Å²) < 4.78 is 10.9. The minimum atomic E-state index is -1.17. The molecule has 0 fully saturated rings. The van der Waals surface area contributed by atoms with Gasteiger partial charge in [0.15, 0.2) is 11.5 Å². The largest absolute Gasteiger partial charge is 0.490 e. The molecule has 1 amide bonds. The summed E-state index contributed by atoms with van der Waals surface area (Å²) in [6, 6.07) is 3.60. The van der Waals surface area contributed by atoms with E-state index >= 15 is 0 Å². The van der Waals surface area contributed by atoms with Crippen LogP contribution in [0.25, 0.3) is 0 Å². The van der Waals surface area contributed by atoms with E-state index in [0.717, 1.165) is 6.42 Å². The molecule has 0 aromatic heterocycles. The van der Waals surface area contributed by atoms with Crippen LogP contribution in [0.3, 0.4) is 0 Å². The Morgan fingerprint density at radius 2 is 2.05 bits per heavy atom. The predicted octanol–water partition coefficient (Wildman–Crippen LogP) is 1.05. The lowest BCUT2D eigenvalue weighted by atomic mass is 10.1. The molecule has 21 heavy (non-hydrogen) atoms. The quantitative estimate of drug-likeness (QED) is 0.809. The molecule has 0 aliphatic carbocycles. The van der Waals surface area contributed by atoms with E-state index in [2.05, 4.69) is 11.2 Å². The summed E-state index contributed by atoms with van der Waals surface area (Å²) in [7, 11) is 0. The number of aliphatic carboxylic acids is 1. The van der Waals surface area contributed by atoms with E-state index in [-0.39, 0.29) is 6.42 Å². The molecule has 2 N–H and O–H groups in total. The van der Waals surface area contributed by atoms with Gasteiger partial charge in [0.1, 0.15) is 6.04 Å². The molecule has 6 heteroatoms. The van der Waals surface area contributed by atoms with Crippen molar-refractivity contribution < 1.29 is 24.2 Å². The molecule has 0 saturated heterocycles. The highest BCUT2D eigenvalue weighted by Gasteiger charge is 2.21. The molecule has 0 bridgehead atoms. The van der Waals surface area contributed by atoms with Gasteiger partial charge in [-0.25, -0.2) is 4.79 Å². The zero-order valence-corrected chi connectivity index (χ0v) is 11.3. The Labute approximate surface area is 122 Å². The van der Waals surface area contributed by atoms with E-state index in [1.54, 1.807) is 12.1 Å². The minimum absolute atomic E-state index is 0.0778. The molecule has 1 aliphatic heterocycles. The van der Waals surface area contributed by atoms with Gasteiger partial charge in [0.25, 0.3) is 5.91 Å². The third-order valence-electron chi connectivity index (χ3n) is 2.94. The second-order valence-corrected chi connectivity index (χ2v) is 4.48. The number of rotatable bonds is 4. The van der Waals surface area contributed by atoms with Crippen molar-refractivity contribution in [2.75, 3.05) is 13.2 Å². The Morgan fingerprint density at radius 1 is 1.33 bits per heavy atom. The fourth-order valence-corrected chi connectivity index (χ4v) is 1.86. The predicted molar refractivity (Wildman–Crippen MR) is 74.4 cm³/mol. The van der Waals surface area contributed by atoms with Crippen LogP contribution >= 0.6 is 0 Å². The van der Waals surface area contributed by atoms with Gasteiger partial charge in [-0.3, -0.25) is 4.79 Å². The Hall–Kier alpha value is -2.68. The Balaban J connectivity index is 2.14. The number of carbonyl (C=O) groups excluding carboxylic acids is 1. The highest BCUT2D eigenvalue weighted by molar-refractivity contribution is 5.97. The first kappa shape index (κ1) is 14.7. The maximum atomic E-state index is 12.1. The van der Waals surface area contributed by atoms with Crippen LogP contribution < -0.4 is 14.8 Å². The highest BCUT2D eigenvalue weighted by atomic mass is 16.5. The highest BCUT2D eigenvalue weighted by Crippen LogP contribution is 2.30. The SMILES string of the molecule is C#CCC(NC(=O)c1ccc2c(c1)OCCCO2)C(=O)O.